The number of hydrogen-bond acceptors (Lipinski definition) is 8. The molecule has 266 valence electrons. The van der Waals surface area contributed by atoms with Crippen LogP contribution in [-0.2, 0) is 0 Å². The van der Waals surface area contributed by atoms with Crippen molar-refractivity contribution in [1.29, 1.82) is 0 Å². The number of aliphatic hydroxyl groups is 6. The quantitative estimate of drug-likeness (QED) is 0.0513. The maximum absolute atomic E-state index is 10.3. The van der Waals surface area contributed by atoms with Gasteiger partial charge in [-0.3, -0.25) is 0 Å². The van der Waals surface area contributed by atoms with E-state index >= 15 is 0 Å². The predicted molar refractivity (Wildman–Crippen MR) is 191 cm³/mol. The molecule has 2 aliphatic carbocycles. The van der Waals surface area contributed by atoms with Crippen molar-refractivity contribution in [3.63, 3.8) is 0 Å². The molecule has 10 atom stereocenters. The van der Waals surface area contributed by atoms with Crippen molar-refractivity contribution in [2.24, 2.45) is 33.7 Å². The lowest BCUT2D eigenvalue weighted by atomic mass is 9.85. The minimum atomic E-state index is -0.447. The molecule has 0 amide bonds. The first kappa shape index (κ1) is 42.3. The van der Waals surface area contributed by atoms with Crippen LogP contribution in [0.2, 0.25) is 0 Å². The third-order valence-corrected chi connectivity index (χ3v) is 9.62. The Balaban J connectivity index is 0.000000467. The largest absolute Gasteiger partial charge is 0.393 e. The number of hydrogen-bond donors (Lipinski definition) is 6. The van der Waals surface area contributed by atoms with Gasteiger partial charge in [-0.25, -0.2) is 0 Å². The van der Waals surface area contributed by atoms with Gasteiger partial charge in [-0.15, -0.1) is 0 Å². The molecule has 2 aliphatic rings. The van der Waals surface area contributed by atoms with Crippen molar-refractivity contribution >= 4 is 12.4 Å². The highest BCUT2D eigenvalue weighted by Crippen LogP contribution is 2.39. The lowest BCUT2D eigenvalue weighted by Gasteiger charge is -2.23. The van der Waals surface area contributed by atoms with E-state index in [0.717, 1.165) is 77.0 Å². The number of rotatable bonds is 21. The molecule has 0 bridgehead atoms. The third kappa shape index (κ3) is 18.0. The molecule has 0 radical (unpaired) electrons. The van der Waals surface area contributed by atoms with Crippen molar-refractivity contribution in [3.05, 3.63) is 36.5 Å². The van der Waals surface area contributed by atoms with Crippen molar-refractivity contribution in [2.75, 3.05) is 14.1 Å². The Hall–Kier alpha value is -1.68. The maximum Gasteiger partial charge on any atom is 0.0599 e. The third-order valence-electron chi connectivity index (χ3n) is 9.62. The van der Waals surface area contributed by atoms with E-state index in [2.05, 4.69) is 40.4 Å². The molecule has 2 saturated carbocycles. The molecule has 0 heterocycles. The van der Waals surface area contributed by atoms with Gasteiger partial charge in [0.1, 0.15) is 0 Å². The second-order valence-electron chi connectivity index (χ2n) is 13.4. The zero-order chi connectivity index (χ0) is 34.2. The van der Waals surface area contributed by atoms with Crippen LogP contribution in [0.25, 0.3) is 0 Å². The molecule has 6 N–H and O–H groups in total. The lowest BCUT2D eigenvalue weighted by Crippen LogP contribution is -2.23. The van der Waals surface area contributed by atoms with Crippen molar-refractivity contribution in [1.82, 2.24) is 0 Å². The molecule has 8 heteroatoms. The van der Waals surface area contributed by atoms with E-state index in [1.807, 2.05) is 25.4 Å². The van der Waals surface area contributed by atoms with Crippen molar-refractivity contribution in [2.45, 2.75) is 153 Å². The summed E-state index contributed by atoms with van der Waals surface area (Å²) in [7, 11) is 3.58. The normalized spacial score (nSPS) is 30.0. The van der Waals surface area contributed by atoms with Crippen LogP contribution >= 0.6 is 0 Å². The van der Waals surface area contributed by atoms with Gasteiger partial charge >= 0.3 is 0 Å². The Morgan fingerprint density at radius 2 is 1.04 bits per heavy atom. The van der Waals surface area contributed by atoms with Crippen LogP contribution in [0.3, 0.4) is 0 Å². The standard InChI is InChI=1S/C21H37NO3.C17H31NO3/c1-3-4-8-11-17(23)13-14-19-18(20(24)16-21(19)25)12-9-6-5-7-10-15-22-2;1-13(19)9-10-15-14(16(20)12-17(15)21)8-6-4-3-5-7-11-18-2/h3-4,6,9,15,17-21,23-25H,5,7-8,10-14,16H2,1-2H3;4,6,11,13-17,19-21H,3,5,7-10,12H2,1-2H3/b4-3+,9-6-,22-15?;6-4-,18-11?/t17?,18-,19-,20?,21?;13?,14-,15-,16?,17?/m11/s1. The predicted octanol–water partition coefficient (Wildman–Crippen LogP) is 5.98. The fourth-order valence-electron chi connectivity index (χ4n) is 6.88. The molecule has 0 aromatic heterocycles. The first-order valence-corrected chi connectivity index (χ1v) is 18.0. The molecule has 0 aromatic rings. The van der Waals surface area contributed by atoms with Crippen LogP contribution in [0.5, 0.6) is 0 Å². The minimum absolute atomic E-state index is 0.0863. The highest BCUT2D eigenvalue weighted by atomic mass is 16.3. The second kappa shape index (κ2) is 26.3. The van der Waals surface area contributed by atoms with Gasteiger partial charge < -0.3 is 40.6 Å². The molecule has 0 aromatic carbocycles. The highest BCUT2D eigenvalue weighted by molar-refractivity contribution is 5.56. The summed E-state index contributed by atoms with van der Waals surface area (Å²) in [5.41, 5.74) is 0. The van der Waals surface area contributed by atoms with Crippen LogP contribution in [0.15, 0.2) is 46.4 Å². The Kier molecular flexibility index (Phi) is 24.2. The Bertz CT molecular complexity index is 888. The van der Waals surface area contributed by atoms with Crippen molar-refractivity contribution < 1.29 is 30.6 Å². The number of aliphatic imine (C=N–C) groups is 2. The van der Waals surface area contributed by atoms with Gasteiger partial charge in [0.15, 0.2) is 0 Å². The Morgan fingerprint density at radius 1 is 0.587 bits per heavy atom. The summed E-state index contributed by atoms with van der Waals surface area (Å²) in [6.45, 7) is 3.75. The summed E-state index contributed by atoms with van der Waals surface area (Å²) < 4.78 is 0. The van der Waals surface area contributed by atoms with Crippen LogP contribution in [0.4, 0.5) is 0 Å². The van der Waals surface area contributed by atoms with E-state index in [9.17, 15) is 30.6 Å². The molecule has 0 spiro atoms. The SMILES string of the molecule is C/C=C/CCC(O)CC[C@H]1C(O)CC(O)[C@@H]1C/C=C\CCCC=NC.CN=CCCC/C=C\C[C@H]1C(O)CC(O)[C@@H]1CCC(C)O. The number of aliphatic hydroxyl groups excluding tert-OH is 6. The molecule has 0 aliphatic heterocycles. The highest BCUT2D eigenvalue weighted by Gasteiger charge is 2.41. The maximum atomic E-state index is 10.3. The number of unbranched alkanes of at least 4 members (excludes halogenated alkanes) is 4. The summed E-state index contributed by atoms with van der Waals surface area (Å²) in [6, 6.07) is 0. The van der Waals surface area contributed by atoms with Crippen LogP contribution in [-0.4, -0.2) is 93.8 Å². The van der Waals surface area contributed by atoms with E-state index in [4.69, 9.17) is 0 Å². The average Bonchev–Trinajstić information content (AvgIpc) is 3.45. The monoisotopic (exact) mass is 649 g/mol. The number of allylic oxidation sites excluding steroid dienone is 6. The van der Waals surface area contributed by atoms with Gasteiger partial charge in [0.2, 0.25) is 0 Å². The lowest BCUT2D eigenvalue weighted by molar-refractivity contribution is 0.0859. The van der Waals surface area contributed by atoms with E-state index < -0.39 is 24.4 Å². The fourth-order valence-corrected chi connectivity index (χ4v) is 6.88. The minimum Gasteiger partial charge on any atom is -0.393 e. The molecule has 8 nitrogen and oxygen atoms in total. The first-order valence-electron chi connectivity index (χ1n) is 18.0. The van der Waals surface area contributed by atoms with Crippen molar-refractivity contribution in [3.8, 4) is 0 Å². The molecular formula is C38H68N2O6. The topological polar surface area (TPSA) is 146 Å². The number of nitrogens with zero attached hydrogens (tertiary/aromatic N) is 2. The summed E-state index contributed by atoms with van der Waals surface area (Å²) in [4.78, 5) is 7.92. The van der Waals surface area contributed by atoms with E-state index in [1.54, 1.807) is 21.0 Å². The van der Waals surface area contributed by atoms with Gasteiger partial charge in [-0.1, -0.05) is 36.5 Å². The van der Waals surface area contributed by atoms with Crippen LogP contribution in [0.1, 0.15) is 117 Å². The van der Waals surface area contributed by atoms with Gasteiger partial charge in [-0.05, 0) is 153 Å². The summed E-state index contributed by atoms with van der Waals surface area (Å²) >= 11 is 0. The average molecular weight is 649 g/mol. The summed E-state index contributed by atoms with van der Waals surface area (Å²) in [6.07, 6.45) is 27.5. The fraction of sp³-hybridized carbons (Fsp3) is 0.789. The van der Waals surface area contributed by atoms with Gasteiger partial charge in [0, 0.05) is 14.1 Å². The molecule has 2 rings (SSSR count). The molecule has 2 fully saturated rings. The molecule has 6 unspecified atom stereocenters. The van der Waals surface area contributed by atoms with E-state index in [1.165, 1.54) is 0 Å². The smallest absolute Gasteiger partial charge is 0.0599 e. The molecule has 46 heavy (non-hydrogen) atoms. The van der Waals surface area contributed by atoms with E-state index in [-0.39, 0.29) is 35.9 Å². The zero-order valence-corrected chi connectivity index (χ0v) is 29.3. The second-order valence-corrected chi connectivity index (χ2v) is 13.4. The van der Waals surface area contributed by atoms with Crippen LogP contribution < -0.4 is 0 Å². The van der Waals surface area contributed by atoms with Gasteiger partial charge in [0.25, 0.3) is 0 Å². The van der Waals surface area contributed by atoms with Crippen LogP contribution in [0, 0.1) is 23.7 Å². The zero-order valence-electron chi connectivity index (χ0n) is 29.3. The molecular weight excluding hydrogens is 580 g/mol. The summed E-state index contributed by atoms with van der Waals surface area (Å²) in [5.74, 6) is 0.410. The Morgan fingerprint density at radius 3 is 1.48 bits per heavy atom. The molecule has 0 saturated heterocycles. The Labute approximate surface area is 280 Å². The van der Waals surface area contributed by atoms with E-state index in [0.29, 0.717) is 25.7 Å². The first-order chi connectivity index (χ1) is 22.2. The van der Waals surface area contributed by atoms with Gasteiger partial charge in [0.05, 0.1) is 36.6 Å². The summed E-state index contributed by atoms with van der Waals surface area (Å²) in [5, 5.41) is 60.2. The van der Waals surface area contributed by atoms with Gasteiger partial charge in [-0.2, -0.15) is 0 Å².